The zero-order chi connectivity index (χ0) is 13.7. The molecule has 0 aliphatic rings. The van der Waals surface area contributed by atoms with Crippen molar-refractivity contribution in [2.75, 3.05) is 6.61 Å². The van der Waals surface area contributed by atoms with Crippen molar-refractivity contribution in [1.82, 2.24) is 9.97 Å². The van der Waals surface area contributed by atoms with Gasteiger partial charge in [-0.1, -0.05) is 46.3 Å². The van der Waals surface area contributed by atoms with E-state index in [2.05, 4.69) is 38.0 Å². The first kappa shape index (κ1) is 14.0. The summed E-state index contributed by atoms with van der Waals surface area (Å²) < 4.78 is 5.50. The first-order valence-electron chi connectivity index (χ1n) is 6.34. The highest BCUT2D eigenvalue weighted by Crippen LogP contribution is 2.28. The summed E-state index contributed by atoms with van der Waals surface area (Å²) in [6.45, 7) is 4.58. The Morgan fingerprint density at radius 3 is 2.63 bits per heavy atom. The fourth-order valence-corrected chi connectivity index (χ4v) is 2.52. The summed E-state index contributed by atoms with van der Waals surface area (Å²) in [6, 6.07) is 10.3. The van der Waals surface area contributed by atoms with E-state index in [-0.39, 0.29) is 4.83 Å². The molecule has 2 aromatic rings. The number of halogens is 1. The summed E-state index contributed by atoms with van der Waals surface area (Å²) in [7, 11) is 0. The normalized spacial score (nSPS) is 12.2. The van der Waals surface area contributed by atoms with Crippen LogP contribution < -0.4 is 4.74 Å². The van der Waals surface area contributed by atoms with Crippen molar-refractivity contribution >= 4 is 15.9 Å². The SMILES string of the molecule is CCOc1ncnc(CC(Br)c2ccccc2)c1C. The van der Waals surface area contributed by atoms with Crippen molar-refractivity contribution in [3.05, 3.63) is 53.5 Å². The van der Waals surface area contributed by atoms with Crippen molar-refractivity contribution in [3.63, 3.8) is 0 Å². The lowest BCUT2D eigenvalue weighted by atomic mass is 10.1. The fraction of sp³-hybridized carbons (Fsp3) is 0.333. The maximum absolute atomic E-state index is 5.50. The third kappa shape index (κ3) is 3.53. The van der Waals surface area contributed by atoms with Crippen LogP contribution in [0.1, 0.15) is 28.6 Å². The van der Waals surface area contributed by atoms with E-state index in [1.165, 1.54) is 5.56 Å². The fourth-order valence-electron chi connectivity index (χ4n) is 1.91. The summed E-state index contributed by atoms with van der Waals surface area (Å²) in [5.74, 6) is 0.681. The highest BCUT2D eigenvalue weighted by molar-refractivity contribution is 9.09. The van der Waals surface area contributed by atoms with Gasteiger partial charge in [-0.15, -0.1) is 0 Å². The molecular formula is C15H17BrN2O. The zero-order valence-corrected chi connectivity index (χ0v) is 12.7. The molecule has 1 atom stereocenters. The van der Waals surface area contributed by atoms with Crippen LogP contribution in [0.25, 0.3) is 0 Å². The molecule has 100 valence electrons. The molecule has 0 N–H and O–H groups in total. The minimum absolute atomic E-state index is 0.247. The number of rotatable bonds is 5. The summed E-state index contributed by atoms with van der Waals surface area (Å²) in [6.07, 6.45) is 2.39. The molecule has 0 spiro atoms. The number of aromatic nitrogens is 2. The second-order valence-corrected chi connectivity index (χ2v) is 5.37. The van der Waals surface area contributed by atoms with Crippen LogP contribution in [0.4, 0.5) is 0 Å². The third-order valence-electron chi connectivity index (χ3n) is 2.96. The average Bonchev–Trinajstić information content (AvgIpc) is 2.44. The molecule has 1 aromatic heterocycles. The van der Waals surface area contributed by atoms with E-state index < -0.39 is 0 Å². The van der Waals surface area contributed by atoms with Gasteiger partial charge in [0.2, 0.25) is 5.88 Å². The van der Waals surface area contributed by atoms with Crippen molar-refractivity contribution < 1.29 is 4.74 Å². The lowest BCUT2D eigenvalue weighted by Crippen LogP contribution is -2.05. The van der Waals surface area contributed by atoms with E-state index in [0.717, 1.165) is 17.7 Å². The van der Waals surface area contributed by atoms with E-state index in [1.807, 2.05) is 32.0 Å². The van der Waals surface area contributed by atoms with Crippen molar-refractivity contribution in [2.45, 2.75) is 25.1 Å². The lowest BCUT2D eigenvalue weighted by Gasteiger charge is -2.13. The van der Waals surface area contributed by atoms with Crippen molar-refractivity contribution in [3.8, 4) is 5.88 Å². The maximum atomic E-state index is 5.50. The standard InChI is InChI=1S/C15H17BrN2O/c1-3-19-15-11(2)14(17-10-18-15)9-13(16)12-7-5-4-6-8-12/h4-8,10,13H,3,9H2,1-2H3. The first-order valence-corrected chi connectivity index (χ1v) is 7.26. The van der Waals surface area contributed by atoms with Gasteiger partial charge in [0.25, 0.3) is 0 Å². The second-order valence-electron chi connectivity index (χ2n) is 4.27. The van der Waals surface area contributed by atoms with E-state index >= 15 is 0 Å². The maximum Gasteiger partial charge on any atom is 0.219 e. The van der Waals surface area contributed by atoms with Gasteiger partial charge in [-0.05, 0) is 19.4 Å². The van der Waals surface area contributed by atoms with Gasteiger partial charge in [0.1, 0.15) is 6.33 Å². The Hall–Kier alpha value is -1.42. The number of nitrogens with zero attached hydrogens (tertiary/aromatic N) is 2. The molecule has 4 heteroatoms. The highest BCUT2D eigenvalue weighted by Gasteiger charge is 2.13. The summed E-state index contributed by atoms with van der Waals surface area (Å²) in [4.78, 5) is 8.77. The Morgan fingerprint density at radius 2 is 1.95 bits per heavy atom. The lowest BCUT2D eigenvalue weighted by molar-refractivity contribution is 0.323. The monoisotopic (exact) mass is 320 g/mol. The Labute approximate surface area is 122 Å². The number of ether oxygens (including phenoxy) is 1. The van der Waals surface area contributed by atoms with Gasteiger partial charge in [-0.25, -0.2) is 9.97 Å². The second kappa shape index (κ2) is 6.66. The molecule has 1 heterocycles. The molecule has 0 aliphatic heterocycles. The molecule has 0 radical (unpaired) electrons. The van der Waals surface area contributed by atoms with Crippen LogP contribution in [0.3, 0.4) is 0 Å². The van der Waals surface area contributed by atoms with Gasteiger partial charge in [-0.3, -0.25) is 0 Å². The van der Waals surface area contributed by atoms with Crippen LogP contribution in [0.15, 0.2) is 36.7 Å². The Bertz CT molecular complexity index is 531. The molecule has 2 rings (SSSR count). The van der Waals surface area contributed by atoms with Crippen molar-refractivity contribution in [2.24, 2.45) is 0 Å². The Kier molecular flexibility index (Phi) is 4.91. The molecule has 0 saturated carbocycles. The predicted molar refractivity (Wildman–Crippen MR) is 79.8 cm³/mol. The smallest absolute Gasteiger partial charge is 0.219 e. The Morgan fingerprint density at radius 1 is 1.21 bits per heavy atom. The number of hydrogen-bond acceptors (Lipinski definition) is 3. The van der Waals surface area contributed by atoms with Crippen LogP contribution in [-0.2, 0) is 6.42 Å². The van der Waals surface area contributed by atoms with Crippen LogP contribution in [-0.4, -0.2) is 16.6 Å². The average molecular weight is 321 g/mol. The number of hydrogen-bond donors (Lipinski definition) is 0. The number of alkyl halides is 1. The molecule has 1 unspecified atom stereocenters. The minimum atomic E-state index is 0.247. The summed E-state index contributed by atoms with van der Waals surface area (Å²) in [5.41, 5.74) is 3.28. The van der Waals surface area contributed by atoms with Crippen LogP contribution in [0.2, 0.25) is 0 Å². The Balaban J connectivity index is 2.17. The summed E-state index contributed by atoms with van der Waals surface area (Å²) >= 11 is 3.72. The van der Waals surface area contributed by atoms with Crippen LogP contribution in [0.5, 0.6) is 5.88 Å². The first-order chi connectivity index (χ1) is 9.22. The molecule has 0 amide bonds. The molecule has 0 bridgehead atoms. The number of benzene rings is 1. The largest absolute Gasteiger partial charge is 0.478 e. The van der Waals surface area contributed by atoms with Gasteiger partial charge in [0, 0.05) is 16.8 Å². The molecule has 0 saturated heterocycles. The topological polar surface area (TPSA) is 35.0 Å². The van der Waals surface area contributed by atoms with Crippen LogP contribution in [0, 0.1) is 6.92 Å². The van der Waals surface area contributed by atoms with Gasteiger partial charge in [-0.2, -0.15) is 0 Å². The molecule has 19 heavy (non-hydrogen) atoms. The zero-order valence-electron chi connectivity index (χ0n) is 11.1. The quantitative estimate of drug-likeness (QED) is 0.784. The van der Waals surface area contributed by atoms with Gasteiger partial charge in [0.15, 0.2) is 0 Å². The van der Waals surface area contributed by atoms with E-state index in [9.17, 15) is 0 Å². The summed E-state index contributed by atoms with van der Waals surface area (Å²) in [5, 5.41) is 0. The van der Waals surface area contributed by atoms with E-state index in [4.69, 9.17) is 4.74 Å². The molecule has 3 nitrogen and oxygen atoms in total. The van der Waals surface area contributed by atoms with Gasteiger partial charge < -0.3 is 4.74 Å². The van der Waals surface area contributed by atoms with Gasteiger partial charge >= 0.3 is 0 Å². The molecule has 0 aliphatic carbocycles. The highest BCUT2D eigenvalue weighted by atomic mass is 79.9. The van der Waals surface area contributed by atoms with Gasteiger partial charge in [0.05, 0.1) is 12.3 Å². The molecule has 0 fully saturated rings. The minimum Gasteiger partial charge on any atom is -0.478 e. The molecule has 1 aromatic carbocycles. The van der Waals surface area contributed by atoms with Crippen LogP contribution >= 0.6 is 15.9 Å². The third-order valence-corrected chi connectivity index (χ3v) is 3.81. The van der Waals surface area contributed by atoms with E-state index in [0.29, 0.717) is 12.5 Å². The van der Waals surface area contributed by atoms with Crippen molar-refractivity contribution in [1.29, 1.82) is 0 Å². The van der Waals surface area contributed by atoms with E-state index in [1.54, 1.807) is 6.33 Å². The predicted octanol–water partition coefficient (Wildman–Crippen LogP) is 3.86. The molecular weight excluding hydrogens is 304 g/mol.